The smallest absolute Gasteiger partial charge is 0.431 e. The molecule has 0 aromatic heterocycles. The zero-order chi connectivity index (χ0) is 11.5. The van der Waals surface area contributed by atoms with E-state index in [0.717, 1.165) is 16.1 Å². The Morgan fingerprint density at radius 2 is 2.31 bits per heavy atom. The highest BCUT2D eigenvalue weighted by molar-refractivity contribution is 5.85. The predicted molar refractivity (Wildman–Crippen MR) is 56.6 cm³/mol. The average Bonchev–Trinajstić information content (AvgIpc) is 2.36. The molecule has 80 valence electrons. The Balaban J connectivity index is 2.45. The normalized spacial score (nSPS) is 17.5. The summed E-state index contributed by atoms with van der Waals surface area (Å²) in [4.78, 5) is 11.4. The maximum Gasteiger partial charge on any atom is 0.431 e. The van der Waals surface area contributed by atoms with Crippen LogP contribution in [-0.4, -0.2) is 24.4 Å². The third-order valence-electron chi connectivity index (χ3n) is 2.34. The summed E-state index contributed by atoms with van der Waals surface area (Å²) in [5, 5.41) is 14.0. The SMILES string of the molecule is COC(=O)N1N=Cc2ccccc2[C@@H]1C#N. The molecule has 2 rings (SSSR count). The second-order valence-corrected chi connectivity index (χ2v) is 3.22. The third kappa shape index (κ3) is 1.50. The van der Waals surface area contributed by atoms with Crippen LogP contribution in [-0.2, 0) is 4.74 Å². The number of carbonyl (C=O) groups excluding carboxylic acids is 1. The Bertz CT molecular complexity index is 490. The number of carbonyl (C=O) groups is 1. The zero-order valence-corrected chi connectivity index (χ0v) is 8.62. The van der Waals surface area contributed by atoms with E-state index < -0.39 is 12.1 Å². The van der Waals surface area contributed by atoms with Crippen LogP contribution in [0.5, 0.6) is 0 Å². The Kier molecular flexibility index (Phi) is 2.56. The van der Waals surface area contributed by atoms with E-state index in [0.29, 0.717) is 0 Å². The largest absolute Gasteiger partial charge is 0.451 e. The van der Waals surface area contributed by atoms with Gasteiger partial charge in [-0.25, -0.2) is 4.79 Å². The van der Waals surface area contributed by atoms with Gasteiger partial charge in [-0.3, -0.25) is 0 Å². The summed E-state index contributed by atoms with van der Waals surface area (Å²) in [5.74, 6) is 0. The number of hydrazone groups is 1. The molecule has 0 N–H and O–H groups in total. The first-order chi connectivity index (χ1) is 7.77. The summed E-state index contributed by atoms with van der Waals surface area (Å²) in [6.45, 7) is 0. The minimum atomic E-state index is -0.728. The standard InChI is InChI=1S/C11H9N3O2/c1-16-11(15)14-10(6-12)9-5-3-2-4-8(9)7-13-14/h2-5,7,10H,1H3/t10-/m0/s1. The molecule has 0 saturated heterocycles. The summed E-state index contributed by atoms with van der Waals surface area (Å²) in [6.07, 6.45) is 0.900. The molecule has 1 heterocycles. The second kappa shape index (κ2) is 4.03. The highest BCUT2D eigenvalue weighted by Gasteiger charge is 2.29. The summed E-state index contributed by atoms with van der Waals surface area (Å²) in [6, 6.07) is 8.62. The minimum Gasteiger partial charge on any atom is -0.451 e. The van der Waals surface area contributed by atoms with E-state index in [9.17, 15) is 4.79 Å². The molecule has 1 atom stereocenters. The van der Waals surface area contributed by atoms with E-state index in [-0.39, 0.29) is 0 Å². The lowest BCUT2D eigenvalue weighted by Gasteiger charge is -2.25. The molecule has 5 heteroatoms. The number of nitriles is 1. The van der Waals surface area contributed by atoms with Crippen molar-refractivity contribution in [1.82, 2.24) is 5.01 Å². The van der Waals surface area contributed by atoms with Gasteiger partial charge in [-0.2, -0.15) is 15.4 Å². The van der Waals surface area contributed by atoms with Gasteiger partial charge in [-0.05, 0) is 5.56 Å². The fourth-order valence-electron chi connectivity index (χ4n) is 1.57. The van der Waals surface area contributed by atoms with Gasteiger partial charge in [0.25, 0.3) is 0 Å². The Morgan fingerprint density at radius 3 is 3.00 bits per heavy atom. The molecule has 1 aliphatic rings. The van der Waals surface area contributed by atoms with Gasteiger partial charge in [0.2, 0.25) is 0 Å². The Morgan fingerprint density at radius 1 is 1.56 bits per heavy atom. The molecule has 1 aliphatic heterocycles. The molecule has 1 aromatic rings. The minimum absolute atomic E-state index is 0.641. The molecule has 0 unspecified atom stereocenters. The van der Waals surface area contributed by atoms with Crippen LogP contribution in [0, 0.1) is 11.3 Å². The molecule has 0 aliphatic carbocycles. The number of amides is 1. The molecule has 0 radical (unpaired) electrons. The third-order valence-corrected chi connectivity index (χ3v) is 2.34. The average molecular weight is 215 g/mol. The van der Waals surface area contributed by atoms with Crippen molar-refractivity contribution < 1.29 is 9.53 Å². The van der Waals surface area contributed by atoms with Crippen molar-refractivity contribution in [3.63, 3.8) is 0 Å². The van der Waals surface area contributed by atoms with Crippen molar-refractivity contribution in [2.75, 3.05) is 7.11 Å². The van der Waals surface area contributed by atoms with Crippen LogP contribution < -0.4 is 0 Å². The van der Waals surface area contributed by atoms with Crippen LogP contribution in [0.2, 0.25) is 0 Å². The van der Waals surface area contributed by atoms with Crippen LogP contribution in [0.15, 0.2) is 29.4 Å². The van der Waals surface area contributed by atoms with Gasteiger partial charge in [0.05, 0.1) is 19.4 Å². The van der Waals surface area contributed by atoms with Crippen LogP contribution >= 0.6 is 0 Å². The van der Waals surface area contributed by atoms with Crippen LogP contribution in [0.3, 0.4) is 0 Å². The van der Waals surface area contributed by atoms with E-state index in [4.69, 9.17) is 5.26 Å². The maximum atomic E-state index is 11.4. The predicted octanol–water partition coefficient (Wildman–Crippen LogP) is 1.67. The number of ether oxygens (including phenoxy) is 1. The summed E-state index contributed by atoms with van der Waals surface area (Å²) >= 11 is 0. The molecule has 0 spiro atoms. The van der Waals surface area contributed by atoms with Crippen molar-refractivity contribution in [3.8, 4) is 6.07 Å². The van der Waals surface area contributed by atoms with Crippen LogP contribution in [0.25, 0.3) is 0 Å². The fourth-order valence-corrected chi connectivity index (χ4v) is 1.57. The summed E-state index contributed by atoms with van der Waals surface area (Å²) < 4.78 is 4.56. The molecule has 0 bridgehead atoms. The monoisotopic (exact) mass is 215 g/mol. The zero-order valence-electron chi connectivity index (χ0n) is 8.62. The molecule has 1 amide bonds. The van der Waals surface area contributed by atoms with Crippen molar-refractivity contribution in [2.45, 2.75) is 6.04 Å². The van der Waals surface area contributed by atoms with Crippen molar-refractivity contribution in [3.05, 3.63) is 35.4 Å². The number of hydrogen-bond acceptors (Lipinski definition) is 4. The summed E-state index contributed by atoms with van der Waals surface area (Å²) in [7, 11) is 1.26. The number of methoxy groups -OCH3 is 1. The van der Waals surface area contributed by atoms with E-state index in [1.54, 1.807) is 12.3 Å². The lowest BCUT2D eigenvalue weighted by Crippen LogP contribution is -2.32. The number of rotatable bonds is 0. The van der Waals surface area contributed by atoms with E-state index in [1.165, 1.54) is 7.11 Å². The number of benzene rings is 1. The van der Waals surface area contributed by atoms with Gasteiger partial charge >= 0.3 is 6.09 Å². The van der Waals surface area contributed by atoms with E-state index in [1.807, 2.05) is 24.3 Å². The summed E-state index contributed by atoms with van der Waals surface area (Å²) in [5.41, 5.74) is 1.60. The molecular weight excluding hydrogens is 206 g/mol. The lowest BCUT2D eigenvalue weighted by molar-refractivity contribution is 0.115. The van der Waals surface area contributed by atoms with Gasteiger partial charge in [0.1, 0.15) is 0 Å². The van der Waals surface area contributed by atoms with Gasteiger partial charge in [-0.1, -0.05) is 24.3 Å². The lowest BCUT2D eigenvalue weighted by atomic mass is 10.0. The molecule has 16 heavy (non-hydrogen) atoms. The first-order valence-corrected chi connectivity index (χ1v) is 4.67. The molecule has 0 saturated carbocycles. The quantitative estimate of drug-likeness (QED) is 0.661. The first-order valence-electron chi connectivity index (χ1n) is 4.67. The molecule has 5 nitrogen and oxygen atoms in total. The van der Waals surface area contributed by atoms with Crippen LogP contribution in [0.1, 0.15) is 17.2 Å². The van der Waals surface area contributed by atoms with E-state index >= 15 is 0 Å². The van der Waals surface area contributed by atoms with Gasteiger partial charge in [-0.15, -0.1) is 0 Å². The van der Waals surface area contributed by atoms with Crippen molar-refractivity contribution in [1.29, 1.82) is 5.26 Å². The van der Waals surface area contributed by atoms with Gasteiger partial charge < -0.3 is 4.74 Å². The topological polar surface area (TPSA) is 65.7 Å². The van der Waals surface area contributed by atoms with Crippen molar-refractivity contribution in [2.24, 2.45) is 5.10 Å². The molecular formula is C11H9N3O2. The highest BCUT2D eigenvalue weighted by Crippen LogP contribution is 2.27. The number of hydrogen-bond donors (Lipinski definition) is 0. The molecule has 0 fully saturated rings. The molecule has 1 aromatic carbocycles. The van der Waals surface area contributed by atoms with Gasteiger partial charge in [0.15, 0.2) is 6.04 Å². The first kappa shape index (κ1) is 10.2. The van der Waals surface area contributed by atoms with Crippen molar-refractivity contribution >= 4 is 12.3 Å². The highest BCUT2D eigenvalue weighted by atomic mass is 16.5. The fraction of sp³-hybridized carbons (Fsp3) is 0.182. The van der Waals surface area contributed by atoms with Gasteiger partial charge in [0, 0.05) is 5.56 Å². The van der Waals surface area contributed by atoms with Crippen LogP contribution in [0.4, 0.5) is 4.79 Å². The second-order valence-electron chi connectivity index (χ2n) is 3.22. The Hall–Kier alpha value is -2.35. The Labute approximate surface area is 92.5 Å². The number of nitrogens with zero attached hydrogens (tertiary/aromatic N) is 3. The van der Waals surface area contributed by atoms with E-state index in [2.05, 4.69) is 9.84 Å². The number of fused-ring (bicyclic) bond motifs is 1. The maximum absolute atomic E-state index is 11.4.